The summed E-state index contributed by atoms with van der Waals surface area (Å²) in [5, 5.41) is 17.1. The molecule has 130 valence electrons. The topological polar surface area (TPSA) is 85.4 Å². The Bertz CT molecular complexity index is 895. The predicted octanol–water partition coefficient (Wildman–Crippen LogP) is 3.22. The van der Waals surface area contributed by atoms with E-state index in [2.05, 4.69) is 15.4 Å². The van der Waals surface area contributed by atoms with Gasteiger partial charge < -0.3 is 15.4 Å². The standard InChI is InChI=1S/C15H12F3N5O2/c16-15(17,18)11(8-10-4-2-1-3-5-10)20-12-6-7-13-19-9-14(23(24)25)22(13)21-12/h1-7,9,11H,8H2,(H,20,21). The van der Waals surface area contributed by atoms with Crippen LogP contribution in [0.25, 0.3) is 5.65 Å². The van der Waals surface area contributed by atoms with Crippen molar-refractivity contribution in [3.8, 4) is 0 Å². The molecule has 0 saturated carbocycles. The fourth-order valence-electron chi connectivity index (χ4n) is 2.34. The number of fused-ring (bicyclic) bond motifs is 1. The molecule has 1 aromatic carbocycles. The van der Waals surface area contributed by atoms with Crippen molar-refractivity contribution in [3.63, 3.8) is 0 Å². The van der Waals surface area contributed by atoms with E-state index in [-0.39, 0.29) is 17.9 Å². The van der Waals surface area contributed by atoms with E-state index in [1.165, 1.54) is 12.1 Å². The van der Waals surface area contributed by atoms with E-state index in [1.54, 1.807) is 30.3 Å². The molecule has 1 atom stereocenters. The van der Waals surface area contributed by atoms with Crippen LogP contribution < -0.4 is 5.32 Å². The van der Waals surface area contributed by atoms with Gasteiger partial charge in [-0.2, -0.15) is 13.2 Å². The first kappa shape index (κ1) is 16.7. The minimum absolute atomic E-state index is 0.133. The summed E-state index contributed by atoms with van der Waals surface area (Å²) < 4.78 is 40.9. The summed E-state index contributed by atoms with van der Waals surface area (Å²) in [6.07, 6.45) is -3.82. The minimum Gasteiger partial charge on any atom is -0.358 e. The van der Waals surface area contributed by atoms with Gasteiger partial charge in [-0.15, -0.1) is 0 Å². The van der Waals surface area contributed by atoms with Crippen LogP contribution in [0.5, 0.6) is 0 Å². The molecule has 3 rings (SSSR count). The predicted molar refractivity (Wildman–Crippen MR) is 83.3 cm³/mol. The molecule has 2 aromatic heterocycles. The number of anilines is 1. The van der Waals surface area contributed by atoms with E-state index in [4.69, 9.17) is 0 Å². The van der Waals surface area contributed by atoms with Gasteiger partial charge >= 0.3 is 12.0 Å². The number of nitrogens with one attached hydrogen (secondary N) is 1. The number of rotatable bonds is 5. The molecule has 7 nitrogen and oxygen atoms in total. The molecule has 0 aliphatic rings. The molecule has 0 bridgehead atoms. The summed E-state index contributed by atoms with van der Waals surface area (Å²) in [5.41, 5.74) is 0.677. The van der Waals surface area contributed by atoms with Crippen LogP contribution in [0.2, 0.25) is 0 Å². The van der Waals surface area contributed by atoms with E-state index in [0.29, 0.717) is 5.56 Å². The lowest BCUT2D eigenvalue weighted by Crippen LogP contribution is -2.38. The van der Waals surface area contributed by atoms with Crippen molar-refractivity contribution in [2.24, 2.45) is 0 Å². The molecule has 0 aliphatic carbocycles. The van der Waals surface area contributed by atoms with Crippen LogP contribution in [0.4, 0.5) is 24.8 Å². The van der Waals surface area contributed by atoms with Gasteiger partial charge in [0, 0.05) is 12.5 Å². The van der Waals surface area contributed by atoms with Gasteiger partial charge in [0.05, 0.1) is 0 Å². The maximum absolute atomic E-state index is 13.3. The monoisotopic (exact) mass is 351 g/mol. The highest BCUT2D eigenvalue weighted by Crippen LogP contribution is 2.26. The average Bonchev–Trinajstić information content (AvgIpc) is 2.98. The minimum atomic E-state index is -4.52. The molecule has 0 fully saturated rings. The second-order valence-electron chi connectivity index (χ2n) is 5.29. The molecule has 1 N–H and O–H groups in total. The van der Waals surface area contributed by atoms with Crippen LogP contribution in [0.15, 0.2) is 48.7 Å². The normalized spacial score (nSPS) is 12.9. The van der Waals surface area contributed by atoms with Crippen LogP contribution >= 0.6 is 0 Å². The van der Waals surface area contributed by atoms with Gasteiger partial charge in [-0.05, 0) is 16.6 Å². The van der Waals surface area contributed by atoms with Crippen LogP contribution in [-0.4, -0.2) is 31.7 Å². The fraction of sp³-hybridized carbons (Fsp3) is 0.200. The molecular weight excluding hydrogens is 339 g/mol. The van der Waals surface area contributed by atoms with E-state index in [9.17, 15) is 23.3 Å². The van der Waals surface area contributed by atoms with Crippen molar-refractivity contribution in [1.29, 1.82) is 0 Å². The maximum Gasteiger partial charge on any atom is 0.408 e. The highest BCUT2D eigenvalue weighted by Gasteiger charge is 2.40. The number of nitro groups is 1. The molecule has 2 heterocycles. The van der Waals surface area contributed by atoms with Crippen molar-refractivity contribution in [3.05, 3.63) is 64.3 Å². The van der Waals surface area contributed by atoms with Gasteiger partial charge in [0.25, 0.3) is 0 Å². The van der Waals surface area contributed by atoms with E-state index in [1.807, 2.05) is 0 Å². The van der Waals surface area contributed by atoms with Gasteiger partial charge in [-0.3, -0.25) is 0 Å². The summed E-state index contributed by atoms with van der Waals surface area (Å²) >= 11 is 0. The largest absolute Gasteiger partial charge is 0.408 e. The molecule has 25 heavy (non-hydrogen) atoms. The molecular formula is C15H12F3N5O2. The Morgan fingerprint density at radius 3 is 2.56 bits per heavy atom. The SMILES string of the molecule is O=[N+]([O-])c1cnc2ccc(NC(Cc3ccccc3)C(F)(F)F)nn12. The fourth-order valence-corrected chi connectivity index (χ4v) is 2.34. The Balaban J connectivity index is 1.90. The molecule has 0 amide bonds. The third-order valence-corrected chi connectivity index (χ3v) is 3.53. The van der Waals surface area contributed by atoms with Crippen molar-refractivity contribution >= 4 is 17.3 Å². The molecule has 3 aromatic rings. The Morgan fingerprint density at radius 1 is 1.20 bits per heavy atom. The molecule has 0 spiro atoms. The van der Waals surface area contributed by atoms with E-state index < -0.39 is 23.0 Å². The van der Waals surface area contributed by atoms with Crippen molar-refractivity contribution in [2.45, 2.75) is 18.6 Å². The average molecular weight is 351 g/mol. The van der Waals surface area contributed by atoms with Gasteiger partial charge in [-0.25, -0.2) is 4.98 Å². The smallest absolute Gasteiger partial charge is 0.358 e. The molecule has 0 radical (unpaired) electrons. The summed E-state index contributed by atoms with van der Waals surface area (Å²) in [6, 6.07) is 8.99. The third kappa shape index (κ3) is 3.67. The zero-order valence-electron chi connectivity index (χ0n) is 12.6. The zero-order chi connectivity index (χ0) is 18.0. The summed E-state index contributed by atoms with van der Waals surface area (Å²) in [4.78, 5) is 14.0. The Morgan fingerprint density at radius 2 is 1.92 bits per heavy atom. The lowest BCUT2D eigenvalue weighted by molar-refractivity contribution is -0.391. The number of aromatic nitrogens is 3. The quantitative estimate of drug-likeness (QED) is 0.563. The van der Waals surface area contributed by atoms with Crippen molar-refractivity contribution in [1.82, 2.24) is 14.6 Å². The molecule has 1 unspecified atom stereocenters. The number of imidazole rings is 1. The highest BCUT2D eigenvalue weighted by molar-refractivity contribution is 5.48. The lowest BCUT2D eigenvalue weighted by atomic mass is 10.1. The first-order chi connectivity index (χ1) is 11.8. The summed E-state index contributed by atoms with van der Waals surface area (Å²) in [7, 11) is 0. The van der Waals surface area contributed by atoms with Crippen LogP contribution in [0.3, 0.4) is 0 Å². The number of halogens is 3. The first-order valence-corrected chi connectivity index (χ1v) is 7.21. The second kappa shape index (κ2) is 6.38. The van der Waals surface area contributed by atoms with Gasteiger partial charge in [0.15, 0.2) is 5.82 Å². The number of nitrogens with zero attached hydrogens (tertiary/aromatic N) is 4. The summed E-state index contributed by atoms with van der Waals surface area (Å²) in [5.74, 6) is -0.558. The van der Waals surface area contributed by atoms with Crippen LogP contribution in [0, 0.1) is 10.1 Å². The Labute approximate surface area is 139 Å². The number of hydrogen-bond acceptors (Lipinski definition) is 5. The Hall–Kier alpha value is -3.17. The highest BCUT2D eigenvalue weighted by atomic mass is 19.4. The first-order valence-electron chi connectivity index (χ1n) is 7.21. The van der Waals surface area contributed by atoms with E-state index in [0.717, 1.165) is 10.7 Å². The molecule has 10 heteroatoms. The third-order valence-electron chi connectivity index (χ3n) is 3.53. The number of alkyl halides is 3. The maximum atomic E-state index is 13.3. The zero-order valence-corrected chi connectivity index (χ0v) is 12.6. The van der Waals surface area contributed by atoms with Crippen molar-refractivity contribution in [2.75, 3.05) is 5.32 Å². The van der Waals surface area contributed by atoms with E-state index >= 15 is 0 Å². The van der Waals surface area contributed by atoms with Crippen LogP contribution in [-0.2, 0) is 6.42 Å². The Kier molecular flexibility index (Phi) is 4.26. The van der Waals surface area contributed by atoms with Gasteiger partial charge in [0.1, 0.15) is 12.2 Å². The number of hydrogen-bond donors (Lipinski definition) is 1. The van der Waals surface area contributed by atoms with Gasteiger partial charge in [0.2, 0.25) is 5.65 Å². The van der Waals surface area contributed by atoms with Crippen molar-refractivity contribution < 1.29 is 18.1 Å². The lowest BCUT2D eigenvalue weighted by Gasteiger charge is -2.21. The second-order valence-corrected chi connectivity index (χ2v) is 5.29. The summed E-state index contributed by atoms with van der Waals surface area (Å²) in [6.45, 7) is 0. The molecule has 0 saturated heterocycles. The number of benzene rings is 1. The van der Waals surface area contributed by atoms with Gasteiger partial charge in [-0.1, -0.05) is 39.9 Å². The van der Waals surface area contributed by atoms with Crippen LogP contribution in [0.1, 0.15) is 5.56 Å². The molecule has 0 aliphatic heterocycles.